The molecule has 0 aliphatic heterocycles. The highest BCUT2D eigenvalue weighted by Crippen LogP contribution is 2.30. The molecule has 0 spiro atoms. The van der Waals surface area contributed by atoms with Crippen LogP contribution in [-0.4, -0.2) is 9.97 Å². The van der Waals surface area contributed by atoms with Crippen LogP contribution in [-0.2, 0) is 6.54 Å². The minimum absolute atomic E-state index is 0.0859. The molecule has 2 heterocycles. The number of quaternary nitrogens is 1. The number of H-pyrrole nitrogens is 1. The third-order valence-electron chi connectivity index (χ3n) is 4.55. The lowest BCUT2D eigenvalue weighted by molar-refractivity contribution is -0.708. The molecule has 136 valence electrons. The average Bonchev–Trinajstić information content (AvgIpc) is 3.12. The Balaban J connectivity index is 1.57. The molecule has 4 rings (SSSR count). The van der Waals surface area contributed by atoms with Crippen molar-refractivity contribution in [2.24, 2.45) is 0 Å². The summed E-state index contributed by atoms with van der Waals surface area (Å²) in [7, 11) is 0. The standard InChI is InChI=1S/C21H18ClN3OS/c1-13(15-8-5-9-16(22)10-15)23-12-19-24-20(26)17-11-18(27-21(17)25-19)14-6-3-2-4-7-14/h2-11,13,23H,12H2,1H3,(H,24,25,26)/p+1/t13-/m0/s1. The van der Waals surface area contributed by atoms with Crippen LogP contribution in [0.3, 0.4) is 0 Å². The summed E-state index contributed by atoms with van der Waals surface area (Å²) in [6.45, 7) is 2.71. The summed E-state index contributed by atoms with van der Waals surface area (Å²) in [5.74, 6) is 0.683. The first-order valence-corrected chi connectivity index (χ1v) is 9.96. The molecule has 6 heteroatoms. The van der Waals surface area contributed by atoms with Gasteiger partial charge in [0, 0.05) is 15.5 Å². The second kappa shape index (κ2) is 7.64. The maximum Gasteiger partial charge on any atom is 0.259 e. The van der Waals surface area contributed by atoms with E-state index in [2.05, 4.69) is 28.3 Å². The molecular weight excluding hydrogens is 378 g/mol. The Morgan fingerprint density at radius 1 is 1.15 bits per heavy atom. The number of halogens is 1. The molecule has 0 radical (unpaired) electrons. The molecule has 2 aromatic heterocycles. The smallest absolute Gasteiger partial charge is 0.259 e. The van der Waals surface area contributed by atoms with Crippen molar-refractivity contribution in [3.8, 4) is 10.4 Å². The number of rotatable bonds is 5. The van der Waals surface area contributed by atoms with Gasteiger partial charge in [0.2, 0.25) is 0 Å². The van der Waals surface area contributed by atoms with E-state index >= 15 is 0 Å². The minimum Gasteiger partial charge on any atom is -0.334 e. The molecule has 1 atom stereocenters. The molecule has 27 heavy (non-hydrogen) atoms. The van der Waals surface area contributed by atoms with Crippen LogP contribution in [0.4, 0.5) is 0 Å². The zero-order valence-electron chi connectivity index (χ0n) is 14.8. The lowest BCUT2D eigenvalue weighted by atomic mass is 10.1. The quantitative estimate of drug-likeness (QED) is 0.532. The van der Waals surface area contributed by atoms with Gasteiger partial charge in [-0.1, -0.05) is 54.1 Å². The van der Waals surface area contributed by atoms with E-state index in [1.807, 2.05) is 54.6 Å². The van der Waals surface area contributed by atoms with Crippen LogP contribution in [0.25, 0.3) is 20.7 Å². The third kappa shape index (κ3) is 3.95. The molecule has 0 saturated heterocycles. The fraction of sp³-hybridized carbons (Fsp3) is 0.143. The van der Waals surface area contributed by atoms with Gasteiger partial charge in [0.15, 0.2) is 5.82 Å². The monoisotopic (exact) mass is 396 g/mol. The number of benzene rings is 2. The number of nitrogens with zero attached hydrogens (tertiary/aromatic N) is 1. The maximum atomic E-state index is 12.5. The van der Waals surface area contributed by atoms with E-state index in [1.165, 1.54) is 0 Å². The summed E-state index contributed by atoms with van der Waals surface area (Å²) < 4.78 is 0. The molecule has 0 aliphatic carbocycles. The van der Waals surface area contributed by atoms with E-state index < -0.39 is 0 Å². The number of hydrogen-bond acceptors (Lipinski definition) is 3. The van der Waals surface area contributed by atoms with Gasteiger partial charge in [0.25, 0.3) is 5.56 Å². The van der Waals surface area contributed by atoms with Gasteiger partial charge in [-0.25, -0.2) is 4.98 Å². The van der Waals surface area contributed by atoms with Crippen LogP contribution in [0, 0.1) is 0 Å². The maximum absolute atomic E-state index is 12.5. The van der Waals surface area contributed by atoms with Gasteiger partial charge < -0.3 is 10.3 Å². The minimum atomic E-state index is -0.0859. The number of nitrogens with two attached hydrogens (primary N) is 1. The lowest BCUT2D eigenvalue weighted by Gasteiger charge is -2.11. The van der Waals surface area contributed by atoms with Crippen LogP contribution in [0.5, 0.6) is 0 Å². The van der Waals surface area contributed by atoms with Crippen LogP contribution in [0.1, 0.15) is 24.4 Å². The summed E-state index contributed by atoms with van der Waals surface area (Å²) in [5.41, 5.74) is 2.16. The summed E-state index contributed by atoms with van der Waals surface area (Å²) >= 11 is 7.62. The van der Waals surface area contributed by atoms with Crippen molar-refractivity contribution < 1.29 is 5.32 Å². The summed E-state index contributed by atoms with van der Waals surface area (Å²) in [6, 6.07) is 20.0. The van der Waals surface area contributed by atoms with E-state index in [-0.39, 0.29) is 11.6 Å². The van der Waals surface area contributed by atoms with E-state index in [4.69, 9.17) is 11.6 Å². The highest BCUT2D eigenvalue weighted by Gasteiger charge is 2.13. The fourth-order valence-corrected chi connectivity index (χ4v) is 4.29. The van der Waals surface area contributed by atoms with Gasteiger partial charge in [-0.2, -0.15) is 0 Å². The van der Waals surface area contributed by atoms with E-state index in [0.717, 1.165) is 25.9 Å². The third-order valence-corrected chi connectivity index (χ3v) is 5.86. The molecule has 3 N–H and O–H groups in total. The molecule has 0 amide bonds. The predicted molar refractivity (Wildman–Crippen MR) is 111 cm³/mol. The zero-order valence-corrected chi connectivity index (χ0v) is 16.3. The van der Waals surface area contributed by atoms with E-state index in [9.17, 15) is 4.79 Å². The number of nitrogens with one attached hydrogen (secondary N) is 1. The van der Waals surface area contributed by atoms with Crippen molar-refractivity contribution in [2.75, 3.05) is 0 Å². The molecule has 0 saturated carbocycles. The molecule has 0 unspecified atom stereocenters. The zero-order chi connectivity index (χ0) is 18.8. The van der Waals surface area contributed by atoms with Gasteiger partial charge in [0.1, 0.15) is 17.4 Å². The first-order valence-electron chi connectivity index (χ1n) is 8.77. The second-order valence-corrected chi connectivity index (χ2v) is 7.96. The number of aromatic nitrogens is 2. The highest BCUT2D eigenvalue weighted by atomic mass is 35.5. The molecule has 0 aliphatic rings. The first-order chi connectivity index (χ1) is 13.1. The predicted octanol–water partition coefficient (Wildman–Crippen LogP) is 4.13. The Labute approximate surface area is 165 Å². The Morgan fingerprint density at radius 2 is 1.96 bits per heavy atom. The largest absolute Gasteiger partial charge is 0.334 e. The number of thiophene rings is 1. The van der Waals surface area contributed by atoms with Crippen LogP contribution >= 0.6 is 22.9 Å². The normalized spacial score (nSPS) is 12.4. The van der Waals surface area contributed by atoms with Crippen molar-refractivity contribution in [2.45, 2.75) is 19.5 Å². The van der Waals surface area contributed by atoms with Gasteiger partial charge in [-0.15, -0.1) is 11.3 Å². The lowest BCUT2D eigenvalue weighted by Crippen LogP contribution is -2.83. The Hall–Kier alpha value is -2.47. The number of aromatic amines is 1. The van der Waals surface area contributed by atoms with Gasteiger partial charge in [-0.05, 0) is 30.7 Å². The van der Waals surface area contributed by atoms with Crippen LogP contribution in [0.2, 0.25) is 5.02 Å². The molecule has 0 fully saturated rings. The molecule has 4 nitrogen and oxygen atoms in total. The Morgan fingerprint density at radius 3 is 2.74 bits per heavy atom. The first kappa shape index (κ1) is 17.9. The van der Waals surface area contributed by atoms with Gasteiger partial charge >= 0.3 is 0 Å². The number of fused-ring (bicyclic) bond motifs is 1. The highest BCUT2D eigenvalue weighted by molar-refractivity contribution is 7.21. The van der Waals surface area contributed by atoms with Crippen molar-refractivity contribution >= 4 is 33.2 Å². The number of hydrogen-bond donors (Lipinski definition) is 2. The summed E-state index contributed by atoms with van der Waals surface area (Å²) in [4.78, 5) is 21.9. The fourth-order valence-electron chi connectivity index (χ4n) is 3.03. The molecule has 0 bridgehead atoms. The van der Waals surface area contributed by atoms with Gasteiger partial charge in [0.05, 0.1) is 5.39 Å². The van der Waals surface area contributed by atoms with Crippen molar-refractivity contribution in [3.63, 3.8) is 0 Å². The van der Waals surface area contributed by atoms with E-state index in [1.54, 1.807) is 11.3 Å². The van der Waals surface area contributed by atoms with Crippen molar-refractivity contribution in [3.05, 3.63) is 87.4 Å². The SMILES string of the molecule is C[C@H]([NH2+]Cc1nc2sc(-c3ccccc3)cc2c(=O)[nH]1)c1cccc(Cl)c1. The molecule has 2 aromatic carbocycles. The van der Waals surface area contributed by atoms with Crippen molar-refractivity contribution in [1.29, 1.82) is 0 Å². The topological polar surface area (TPSA) is 62.4 Å². The average molecular weight is 397 g/mol. The van der Waals surface area contributed by atoms with Gasteiger partial charge in [-0.3, -0.25) is 4.79 Å². The Kier molecular flexibility index (Phi) is 5.07. The Bertz CT molecular complexity index is 1140. The summed E-state index contributed by atoms with van der Waals surface area (Å²) in [6.07, 6.45) is 0. The molecule has 4 aromatic rings. The van der Waals surface area contributed by atoms with E-state index in [0.29, 0.717) is 17.8 Å². The van der Waals surface area contributed by atoms with Crippen LogP contribution < -0.4 is 10.9 Å². The van der Waals surface area contributed by atoms with Crippen molar-refractivity contribution in [1.82, 2.24) is 9.97 Å². The molecular formula is C21H19ClN3OS+. The second-order valence-electron chi connectivity index (χ2n) is 6.49. The van der Waals surface area contributed by atoms with Crippen LogP contribution in [0.15, 0.2) is 65.5 Å². The summed E-state index contributed by atoms with van der Waals surface area (Å²) in [5, 5.41) is 3.51.